The van der Waals surface area contributed by atoms with Crippen LogP contribution in [0.25, 0.3) is 0 Å². The number of ether oxygens (including phenoxy) is 1. The van der Waals surface area contributed by atoms with Crippen LogP contribution in [0.15, 0.2) is 0 Å². The van der Waals surface area contributed by atoms with Crippen molar-refractivity contribution in [1.82, 2.24) is 0 Å². The second kappa shape index (κ2) is 6.17. The zero-order valence-electron chi connectivity index (χ0n) is 11.9. The van der Waals surface area contributed by atoms with Crippen molar-refractivity contribution in [1.29, 1.82) is 0 Å². The number of hydrogen-bond donors (Lipinski definition) is 0. The van der Waals surface area contributed by atoms with Crippen LogP contribution < -0.4 is 0 Å². The van der Waals surface area contributed by atoms with E-state index in [1.165, 1.54) is 30.8 Å². The van der Waals surface area contributed by atoms with Crippen molar-refractivity contribution >= 4 is 17.5 Å². The molecule has 2 aliphatic heterocycles. The van der Waals surface area contributed by atoms with Gasteiger partial charge in [0.2, 0.25) is 0 Å². The van der Waals surface area contributed by atoms with Crippen LogP contribution in [0.4, 0.5) is 0 Å². The lowest BCUT2D eigenvalue weighted by Gasteiger charge is -2.43. The molecule has 3 fully saturated rings. The molecule has 0 amide bonds. The third-order valence-corrected chi connectivity index (χ3v) is 6.29. The number of thioether (sulfide) groups is 1. The third-order valence-electron chi connectivity index (χ3n) is 5.31. The summed E-state index contributed by atoms with van der Waals surface area (Å²) in [6.45, 7) is 0.813. The smallest absolute Gasteiger partial charge is 0.139 e. The summed E-state index contributed by atoms with van der Waals surface area (Å²) in [7, 11) is 0. The molecule has 1 atom stereocenters. The maximum atomic E-state index is 12.7. The van der Waals surface area contributed by atoms with Crippen molar-refractivity contribution < 1.29 is 9.53 Å². The van der Waals surface area contributed by atoms with Gasteiger partial charge in [-0.1, -0.05) is 19.3 Å². The molecule has 0 N–H and O–H groups in total. The topological polar surface area (TPSA) is 26.3 Å². The van der Waals surface area contributed by atoms with E-state index in [2.05, 4.69) is 0 Å². The average molecular weight is 282 g/mol. The molecule has 3 aliphatic rings. The van der Waals surface area contributed by atoms with Crippen LogP contribution >= 0.6 is 11.8 Å². The summed E-state index contributed by atoms with van der Waals surface area (Å²) in [6.07, 6.45) is 10.5. The van der Waals surface area contributed by atoms with Gasteiger partial charge in [0.1, 0.15) is 5.78 Å². The third kappa shape index (κ3) is 3.18. The largest absolute Gasteiger partial charge is 0.375 e. The highest BCUT2D eigenvalue weighted by atomic mass is 32.2. The van der Waals surface area contributed by atoms with Crippen molar-refractivity contribution in [2.24, 2.45) is 11.8 Å². The van der Waals surface area contributed by atoms with Crippen LogP contribution in [-0.4, -0.2) is 29.5 Å². The number of hydrogen-bond acceptors (Lipinski definition) is 3. The predicted molar refractivity (Wildman–Crippen MR) is 79.5 cm³/mol. The van der Waals surface area contributed by atoms with E-state index in [1.54, 1.807) is 0 Å². The van der Waals surface area contributed by atoms with Crippen molar-refractivity contribution in [3.8, 4) is 0 Å². The molecular formula is C16H26O2S. The Kier molecular flexibility index (Phi) is 4.53. The molecule has 1 aliphatic carbocycles. The fourth-order valence-electron chi connectivity index (χ4n) is 4.08. The summed E-state index contributed by atoms with van der Waals surface area (Å²) in [6, 6.07) is 0. The predicted octanol–water partition coefficient (Wildman–Crippen LogP) is 3.83. The zero-order chi connectivity index (χ0) is 13.1. The standard InChI is InChI=1S/C16H26O2S/c17-15(13-4-2-1-3-5-13)14-6-9-18-16(12-14)7-10-19-11-8-16/h13-14H,1-12H2. The Hall–Kier alpha value is -0.0200. The van der Waals surface area contributed by atoms with Crippen molar-refractivity contribution in [3.63, 3.8) is 0 Å². The lowest BCUT2D eigenvalue weighted by molar-refractivity contribution is -0.142. The maximum Gasteiger partial charge on any atom is 0.139 e. The minimum absolute atomic E-state index is 0.0679. The van der Waals surface area contributed by atoms with E-state index in [4.69, 9.17) is 4.74 Å². The van der Waals surface area contributed by atoms with E-state index in [9.17, 15) is 4.79 Å². The van der Waals surface area contributed by atoms with Crippen LogP contribution in [0.1, 0.15) is 57.8 Å². The van der Waals surface area contributed by atoms with Crippen molar-refractivity contribution in [3.05, 3.63) is 0 Å². The average Bonchev–Trinajstić information content (AvgIpc) is 2.48. The molecule has 0 aromatic heterocycles. The Morgan fingerprint density at radius 3 is 2.47 bits per heavy atom. The Morgan fingerprint density at radius 1 is 1.00 bits per heavy atom. The van der Waals surface area contributed by atoms with Gasteiger partial charge in [0.05, 0.1) is 5.60 Å². The Morgan fingerprint density at radius 2 is 1.74 bits per heavy atom. The highest BCUT2D eigenvalue weighted by Gasteiger charge is 2.42. The van der Waals surface area contributed by atoms with Gasteiger partial charge in [0, 0.05) is 18.4 Å². The molecule has 0 aromatic carbocycles. The molecule has 0 radical (unpaired) electrons. The van der Waals surface area contributed by atoms with E-state index >= 15 is 0 Å². The molecule has 3 rings (SSSR count). The molecule has 3 heteroatoms. The number of carbonyl (C=O) groups is 1. The molecular weight excluding hydrogens is 256 g/mol. The molecule has 2 saturated heterocycles. The molecule has 1 unspecified atom stereocenters. The first kappa shape index (κ1) is 13.9. The molecule has 19 heavy (non-hydrogen) atoms. The second-order valence-corrected chi connectivity index (χ2v) is 7.80. The molecule has 108 valence electrons. The minimum atomic E-state index is 0.0679. The SMILES string of the molecule is O=C(C1CCCCC1)C1CCOC2(CCSCC2)C1. The van der Waals surface area contributed by atoms with Crippen molar-refractivity contribution in [2.75, 3.05) is 18.1 Å². The van der Waals surface area contributed by atoms with Gasteiger partial charge in [-0.25, -0.2) is 0 Å². The van der Waals surface area contributed by atoms with Crippen LogP contribution in [0.2, 0.25) is 0 Å². The van der Waals surface area contributed by atoms with Gasteiger partial charge in [-0.15, -0.1) is 0 Å². The van der Waals surface area contributed by atoms with Gasteiger partial charge in [-0.05, 0) is 50.0 Å². The summed E-state index contributed by atoms with van der Waals surface area (Å²) in [4.78, 5) is 12.7. The highest BCUT2D eigenvalue weighted by Crippen LogP contribution is 2.41. The summed E-state index contributed by atoms with van der Waals surface area (Å²) >= 11 is 2.04. The summed E-state index contributed by atoms with van der Waals surface area (Å²) in [5.74, 6) is 3.70. The number of Topliss-reactive ketones (excluding diaryl/α,β-unsaturated/α-hetero) is 1. The van der Waals surface area contributed by atoms with E-state index in [0.29, 0.717) is 17.6 Å². The molecule has 1 saturated carbocycles. The van der Waals surface area contributed by atoms with Gasteiger partial charge in [0.15, 0.2) is 0 Å². The van der Waals surface area contributed by atoms with Gasteiger partial charge < -0.3 is 4.74 Å². The quantitative estimate of drug-likeness (QED) is 0.770. The molecule has 2 nitrogen and oxygen atoms in total. The molecule has 0 bridgehead atoms. The first-order valence-corrected chi connectivity index (χ1v) is 9.20. The van der Waals surface area contributed by atoms with E-state index in [-0.39, 0.29) is 5.60 Å². The van der Waals surface area contributed by atoms with E-state index in [0.717, 1.165) is 45.1 Å². The van der Waals surface area contributed by atoms with Crippen LogP contribution in [0, 0.1) is 11.8 Å². The lowest BCUT2D eigenvalue weighted by Crippen LogP contribution is -2.45. The highest BCUT2D eigenvalue weighted by molar-refractivity contribution is 7.99. The van der Waals surface area contributed by atoms with Gasteiger partial charge >= 0.3 is 0 Å². The summed E-state index contributed by atoms with van der Waals surface area (Å²) < 4.78 is 6.11. The number of carbonyl (C=O) groups excluding carboxylic acids is 1. The Bertz CT molecular complexity index is 311. The first-order chi connectivity index (χ1) is 9.29. The molecule has 1 spiro atoms. The number of rotatable bonds is 2. The summed E-state index contributed by atoms with van der Waals surface area (Å²) in [5.41, 5.74) is 0.0679. The van der Waals surface area contributed by atoms with Gasteiger partial charge in [0.25, 0.3) is 0 Å². The monoisotopic (exact) mass is 282 g/mol. The van der Waals surface area contributed by atoms with Gasteiger partial charge in [-0.2, -0.15) is 11.8 Å². The lowest BCUT2D eigenvalue weighted by atomic mass is 9.74. The van der Waals surface area contributed by atoms with E-state index < -0.39 is 0 Å². The fraction of sp³-hybridized carbons (Fsp3) is 0.938. The van der Waals surface area contributed by atoms with Gasteiger partial charge in [-0.3, -0.25) is 4.79 Å². The van der Waals surface area contributed by atoms with Crippen LogP contribution in [0.5, 0.6) is 0 Å². The number of ketones is 1. The minimum Gasteiger partial charge on any atom is -0.375 e. The molecule has 0 aromatic rings. The fourth-order valence-corrected chi connectivity index (χ4v) is 5.32. The Labute approximate surface area is 121 Å². The zero-order valence-corrected chi connectivity index (χ0v) is 12.7. The summed E-state index contributed by atoms with van der Waals surface area (Å²) in [5, 5.41) is 0. The normalized spacial score (nSPS) is 32.3. The first-order valence-electron chi connectivity index (χ1n) is 8.05. The van der Waals surface area contributed by atoms with Crippen molar-refractivity contribution in [2.45, 2.75) is 63.4 Å². The van der Waals surface area contributed by atoms with Crippen LogP contribution in [-0.2, 0) is 9.53 Å². The van der Waals surface area contributed by atoms with E-state index in [1.807, 2.05) is 11.8 Å². The van der Waals surface area contributed by atoms with Crippen LogP contribution in [0.3, 0.4) is 0 Å². The second-order valence-electron chi connectivity index (χ2n) is 6.57. The molecule has 2 heterocycles. The maximum absolute atomic E-state index is 12.7. The Balaban J connectivity index is 1.62.